The number of thioether (sulfide) groups is 1. The highest BCUT2D eigenvalue weighted by molar-refractivity contribution is 8.05. The second-order valence-corrected chi connectivity index (χ2v) is 8.07. The summed E-state index contributed by atoms with van der Waals surface area (Å²) in [7, 11) is 0. The van der Waals surface area contributed by atoms with E-state index in [0.717, 1.165) is 43.8 Å². The van der Waals surface area contributed by atoms with Crippen molar-refractivity contribution >= 4 is 17.4 Å². The summed E-state index contributed by atoms with van der Waals surface area (Å²) in [6, 6.07) is 8.11. The number of allylic oxidation sites excluding steroid dienone is 5. The third-order valence-corrected chi connectivity index (χ3v) is 5.55. The summed E-state index contributed by atoms with van der Waals surface area (Å²) < 4.78 is 6.14. The average Bonchev–Trinajstić information content (AvgIpc) is 2.75. The summed E-state index contributed by atoms with van der Waals surface area (Å²) >= 11 is 1.82. The van der Waals surface area contributed by atoms with Gasteiger partial charge in [-0.3, -0.25) is 9.90 Å². The van der Waals surface area contributed by atoms with Crippen LogP contribution in [0.25, 0.3) is 0 Å². The molecule has 1 aromatic carbocycles. The lowest BCUT2D eigenvalue weighted by Crippen LogP contribution is -2.25. The Kier molecular flexibility index (Phi) is 8.78. The minimum atomic E-state index is 0.618. The van der Waals surface area contributed by atoms with Gasteiger partial charge in [-0.15, -0.1) is 0 Å². The van der Waals surface area contributed by atoms with E-state index in [4.69, 9.17) is 9.57 Å². The third-order valence-electron chi connectivity index (χ3n) is 4.74. The van der Waals surface area contributed by atoms with Gasteiger partial charge < -0.3 is 9.64 Å². The van der Waals surface area contributed by atoms with E-state index in [0.29, 0.717) is 13.2 Å². The average molecular weight is 413 g/mol. The molecule has 0 amide bonds. The van der Waals surface area contributed by atoms with Crippen LogP contribution in [0.1, 0.15) is 39.5 Å². The SMILES string of the molecule is CCCN(OCC)c1ccccc1OCCN1C=CSC(CC2=CC=CCC2)=C1. The van der Waals surface area contributed by atoms with Gasteiger partial charge in [0, 0.05) is 30.3 Å². The molecule has 1 aliphatic heterocycles. The fraction of sp³-hybridized carbons (Fsp3) is 0.417. The van der Waals surface area contributed by atoms with Gasteiger partial charge in [0.25, 0.3) is 0 Å². The molecule has 0 radical (unpaired) electrons. The van der Waals surface area contributed by atoms with Crippen LogP contribution in [-0.4, -0.2) is 31.2 Å². The summed E-state index contributed by atoms with van der Waals surface area (Å²) in [6.45, 7) is 7.08. The lowest BCUT2D eigenvalue weighted by atomic mass is 10.0. The number of hydroxylamine groups is 1. The van der Waals surface area contributed by atoms with Crippen LogP contribution >= 0.6 is 11.8 Å². The van der Waals surface area contributed by atoms with Crippen LogP contribution < -0.4 is 9.80 Å². The zero-order valence-electron chi connectivity index (χ0n) is 17.5. The summed E-state index contributed by atoms with van der Waals surface area (Å²) in [5, 5.41) is 4.11. The van der Waals surface area contributed by atoms with Crippen LogP contribution in [0.2, 0.25) is 0 Å². The smallest absolute Gasteiger partial charge is 0.145 e. The molecule has 2 aliphatic rings. The molecule has 5 heteroatoms. The van der Waals surface area contributed by atoms with Crippen molar-refractivity contribution in [1.29, 1.82) is 0 Å². The molecular formula is C24H32N2O2S. The third kappa shape index (κ3) is 6.72. The van der Waals surface area contributed by atoms with E-state index in [1.54, 1.807) is 0 Å². The molecule has 0 spiro atoms. The van der Waals surface area contributed by atoms with Crippen molar-refractivity contribution in [2.24, 2.45) is 0 Å². The molecule has 0 aromatic heterocycles. The highest BCUT2D eigenvalue weighted by atomic mass is 32.2. The Morgan fingerprint density at radius 2 is 2.10 bits per heavy atom. The van der Waals surface area contributed by atoms with Crippen molar-refractivity contribution in [1.82, 2.24) is 4.90 Å². The predicted octanol–water partition coefficient (Wildman–Crippen LogP) is 6.26. The first-order chi connectivity index (χ1) is 14.3. The fourth-order valence-electron chi connectivity index (χ4n) is 3.36. The number of nitrogens with zero attached hydrogens (tertiary/aromatic N) is 2. The van der Waals surface area contributed by atoms with Crippen molar-refractivity contribution in [3.63, 3.8) is 0 Å². The topological polar surface area (TPSA) is 24.9 Å². The van der Waals surface area contributed by atoms with Crippen molar-refractivity contribution in [2.75, 3.05) is 31.4 Å². The first-order valence-electron chi connectivity index (χ1n) is 10.6. The monoisotopic (exact) mass is 412 g/mol. The van der Waals surface area contributed by atoms with Crippen LogP contribution in [0.15, 0.2) is 70.8 Å². The van der Waals surface area contributed by atoms with E-state index in [1.165, 1.54) is 16.9 Å². The van der Waals surface area contributed by atoms with Crippen molar-refractivity contribution in [3.05, 3.63) is 70.8 Å². The number of ether oxygens (including phenoxy) is 1. The van der Waals surface area contributed by atoms with Crippen LogP contribution in [0.3, 0.4) is 0 Å². The van der Waals surface area contributed by atoms with Crippen LogP contribution in [-0.2, 0) is 4.84 Å². The molecule has 0 saturated heterocycles. The standard InChI is InChI=1S/C24H32N2O2S/c1-3-14-26(28-4-2)23-12-8-9-13-24(23)27-17-15-25-16-18-29-22(20-25)19-21-10-6-5-7-11-21/h5-6,8-10,12-13,16,18,20H,3-4,7,11,14-15,17,19H2,1-2H3. The maximum Gasteiger partial charge on any atom is 0.145 e. The maximum absolute atomic E-state index is 6.14. The normalized spacial score (nSPS) is 15.9. The molecule has 0 N–H and O–H groups in total. The van der Waals surface area contributed by atoms with E-state index in [1.807, 2.05) is 41.9 Å². The lowest BCUT2D eigenvalue weighted by molar-refractivity contribution is 0.118. The lowest BCUT2D eigenvalue weighted by Gasteiger charge is -2.26. The molecule has 0 atom stereocenters. The molecule has 29 heavy (non-hydrogen) atoms. The second kappa shape index (κ2) is 11.8. The summed E-state index contributed by atoms with van der Waals surface area (Å²) in [6.07, 6.45) is 15.4. The Morgan fingerprint density at radius 3 is 2.90 bits per heavy atom. The molecular weight excluding hydrogens is 380 g/mol. The fourth-order valence-corrected chi connectivity index (χ4v) is 4.22. The summed E-state index contributed by atoms with van der Waals surface area (Å²) in [5.74, 6) is 0.869. The Labute approximate surface area is 179 Å². The first kappa shape index (κ1) is 21.6. The van der Waals surface area contributed by atoms with Gasteiger partial charge in [-0.2, -0.15) is 0 Å². The predicted molar refractivity (Wildman–Crippen MR) is 124 cm³/mol. The Bertz CT molecular complexity index is 764. The maximum atomic E-state index is 6.14. The van der Waals surface area contributed by atoms with Crippen molar-refractivity contribution in [2.45, 2.75) is 39.5 Å². The molecule has 0 saturated carbocycles. The largest absolute Gasteiger partial charge is 0.489 e. The van der Waals surface area contributed by atoms with Gasteiger partial charge >= 0.3 is 0 Å². The van der Waals surface area contributed by atoms with Gasteiger partial charge in [-0.05, 0) is 43.7 Å². The molecule has 0 fully saturated rings. The molecule has 4 nitrogen and oxygen atoms in total. The quantitative estimate of drug-likeness (QED) is 0.399. The van der Waals surface area contributed by atoms with Gasteiger partial charge in [-0.25, -0.2) is 0 Å². The molecule has 1 heterocycles. The van der Waals surface area contributed by atoms with E-state index < -0.39 is 0 Å². The number of hydrogen-bond acceptors (Lipinski definition) is 5. The van der Waals surface area contributed by atoms with Gasteiger partial charge in [0.2, 0.25) is 0 Å². The van der Waals surface area contributed by atoms with Gasteiger partial charge in [0.05, 0.1) is 13.2 Å². The Morgan fingerprint density at radius 1 is 1.21 bits per heavy atom. The molecule has 1 aromatic rings. The highest BCUT2D eigenvalue weighted by Gasteiger charge is 2.13. The molecule has 0 unspecified atom stereocenters. The number of rotatable bonds is 11. The zero-order chi connectivity index (χ0) is 20.3. The number of anilines is 1. The Hall–Kier alpha value is -2.11. The number of hydrogen-bond donors (Lipinski definition) is 0. The summed E-state index contributed by atoms with van der Waals surface area (Å²) in [4.78, 5) is 9.41. The van der Waals surface area contributed by atoms with E-state index >= 15 is 0 Å². The zero-order valence-corrected chi connectivity index (χ0v) is 18.4. The Balaban J connectivity index is 1.55. The van der Waals surface area contributed by atoms with Gasteiger partial charge in [0.1, 0.15) is 18.0 Å². The van der Waals surface area contributed by atoms with E-state index in [-0.39, 0.29) is 0 Å². The van der Waals surface area contributed by atoms with Gasteiger partial charge in [0.15, 0.2) is 0 Å². The van der Waals surface area contributed by atoms with Crippen LogP contribution in [0, 0.1) is 0 Å². The van der Waals surface area contributed by atoms with E-state index in [9.17, 15) is 0 Å². The highest BCUT2D eigenvalue weighted by Crippen LogP contribution is 2.31. The molecule has 156 valence electrons. The number of benzene rings is 1. The minimum absolute atomic E-state index is 0.618. The number of para-hydroxylation sites is 2. The van der Waals surface area contributed by atoms with Gasteiger partial charge in [-0.1, -0.05) is 54.6 Å². The molecule has 1 aliphatic carbocycles. The summed E-state index contributed by atoms with van der Waals surface area (Å²) in [5.41, 5.74) is 2.51. The van der Waals surface area contributed by atoms with Crippen molar-refractivity contribution in [3.8, 4) is 5.75 Å². The minimum Gasteiger partial charge on any atom is -0.489 e. The van der Waals surface area contributed by atoms with Crippen LogP contribution in [0.4, 0.5) is 5.69 Å². The first-order valence-corrected chi connectivity index (χ1v) is 11.4. The molecule has 0 bridgehead atoms. The van der Waals surface area contributed by atoms with Crippen LogP contribution in [0.5, 0.6) is 5.75 Å². The molecule has 3 rings (SSSR count). The van der Waals surface area contributed by atoms with Crippen molar-refractivity contribution < 1.29 is 9.57 Å². The second-order valence-electron chi connectivity index (χ2n) is 7.04. The van der Waals surface area contributed by atoms with E-state index in [2.05, 4.69) is 53.9 Å².